The van der Waals surface area contributed by atoms with Gasteiger partial charge in [-0.2, -0.15) is 0 Å². The van der Waals surface area contributed by atoms with Crippen molar-refractivity contribution < 1.29 is 28.2 Å². The van der Waals surface area contributed by atoms with Crippen molar-refractivity contribution in [3.8, 4) is 5.75 Å². The molecule has 1 saturated heterocycles. The zero-order valence-electron chi connectivity index (χ0n) is 15.9. The highest BCUT2D eigenvalue weighted by molar-refractivity contribution is 9.10. The topological polar surface area (TPSA) is 72.9 Å². The molecule has 0 aromatic heterocycles. The molecular weight excluding hydrogens is 477 g/mol. The Morgan fingerprint density at radius 2 is 1.93 bits per heavy atom. The summed E-state index contributed by atoms with van der Waals surface area (Å²) in [5.41, 5.74) is 1.17. The summed E-state index contributed by atoms with van der Waals surface area (Å²) in [6.07, 6.45) is 1.54. The second-order valence-corrected chi connectivity index (χ2v) is 8.08. The minimum Gasteiger partial charge on any atom is -0.481 e. The number of carbonyl (C=O) groups excluding carboxylic acids is 3. The lowest BCUT2D eigenvalue weighted by Gasteiger charge is -2.12. The lowest BCUT2D eigenvalue weighted by molar-refractivity contribution is -0.145. The first-order valence-electron chi connectivity index (χ1n) is 8.95. The molecule has 2 amide bonds. The Bertz CT molecular complexity index is 1010. The second kappa shape index (κ2) is 9.90. The van der Waals surface area contributed by atoms with Crippen LogP contribution in [0.25, 0.3) is 6.08 Å². The Morgan fingerprint density at radius 1 is 1.20 bits per heavy atom. The molecule has 1 aliphatic rings. The van der Waals surface area contributed by atoms with E-state index in [-0.39, 0.29) is 24.7 Å². The van der Waals surface area contributed by atoms with Gasteiger partial charge in [0.05, 0.1) is 18.1 Å². The standard InChI is InChI=1S/C21H17BrFNO5S/c1-2-28-19(25)12-29-17-8-5-15(22)9-14(17)10-18-20(26)24(21(27)30-18)11-13-3-6-16(23)7-4-13/h3-10H,2,11-12H2,1H3/b18-10+. The minimum absolute atomic E-state index is 0.0486. The molecule has 30 heavy (non-hydrogen) atoms. The molecule has 0 atom stereocenters. The minimum atomic E-state index is -0.508. The number of amides is 2. The van der Waals surface area contributed by atoms with Gasteiger partial charge in [0.25, 0.3) is 11.1 Å². The summed E-state index contributed by atoms with van der Waals surface area (Å²) in [6, 6.07) is 10.7. The number of ether oxygens (including phenoxy) is 2. The van der Waals surface area contributed by atoms with Gasteiger partial charge in [0.1, 0.15) is 11.6 Å². The molecule has 0 N–H and O–H groups in total. The smallest absolute Gasteiger partial charge is 0.344 e. The summed E-state index contributed by atoms with van der Waals surface area (Å²) < 4.78 is 24.2. The number of benzene rings is 2. The molecule has 9 heteroatoms. The zero-order chi connectivity index (χ0) is 21.7. The van der Waals surface area contributed by atoms with Crippen molar-refractivity contribution in [3.63, 3.8) is 0 Å². The van der Waals surface area contributed by atoms with E-state index in [1.165, 1.54) is 24.3 Å². The van der Waals surface area contributed by atoms with Crippen LogP contribution in [0.15, 0.2) is 51.8 Å². The van der Waals surface area contributed by atoms with E-state index in [1.54, 1.807) is 31.2 Å². The van der Waals surface area contributed by atoms with Crippen molar-refractivity contribution in [2.75, 3.05) is 13.2 Å². The molecule has 0 radical (unpaired) electrons. The number of nitrogens with zero attached hydrogens (tertiary/aromatic N) is 1. The Hall–Kier alpha value is -2.65. The van der Waals surface area contributed by atoms with Crippen LogP contribution in [0, 0.1) is 5.82 Å². The molecule has 0 bridgehead atoms. The zero-order valence-corrected chi connectivity index (χ0v) is 18.3. The summed E-state index contributed by atoms with van der Waals surface area (Å²) in [5, 5.41) is -0.417. The fourth-order valence-corrected chi connectivity index (χ4v) is 3.86. The number of halogens is 2. The van der Waals surface area contributed by atoms with E-state index in [4.69, 9.17) is 9.47 Å². The van der Waals surface area contributed by atoms with Crippen molar-refractivity contribution in [3.05, 3.63) is 68.8 Å². The largest absolute Gasteiger partial charge is 0.481 e. The molecule has 2 aromatic carbocycles. The highest BCUT2D eigenvalue weighted by atomic mass is 79.9. The van der Waals surface area contributed by atoms with Crippen LogP contribution >= 0.6 is 27.7 Å². The van der Waals surface area contributed by atoms with Crippen LogP contribution in [-0.2, 0) is 20.9 Å². The maximum Gasteiger partial charge on any atom is 0.344 e. The van der Waals surface area contributed by atoms with Crippen molar-refractivity contribution in [2.45, 2.75) is 13.5 Å². The normalized spacial score (nSPS) is 15.0. The number of carbonyl (C=O) groups is 3. The van der Waals surface area contributed by atoms with Crippen molar-refractivity contribution in [2.24, 2.45) is 0 Å². The fraction of sp³-hybridized carbons (Fsp3) is 0.190. The molecule has 2 aromatic rings. The molecule has 0 spiro atoms. The fourth-order valence-electron chi connectivity index (χ4n) is 2.65. The van der Waals surface area contributed by atoms with E-state index in [2.05, 4.69) is 15.9 Å². The van der Waals surface area contributed by atoms with E-state index >= 15 is 0 Å². The molecule has 1 aliphatic heterocycles. The van der Waals surface area contributed by atoms with Gasteiger partial charge in [-0.25, -0.2) is 9.18 Å². The molecular formula is C21H17BrFNO5S. The maximum absolute atomic E-state index is 13.1. The third-order valence-corrected chi connectivity index (χ3v) is 5.44. The number of hydrogen-bond acceptors (Lipinski definition) is 6. The summed E-state index contributed by atoms with van der Waals surface area (Å²) in [6.45, 7) is 1.72. The lowest BCUT2D eigenvalue weighted by atomic mass is 10.1. The van der Waals surface area contributed by atoms with Gasteiger partial charge >= 0.3 is 5.97 Å². The number of rotatable bonds is 7. The molecule has 1 heterocycles. The third-order valence-electron chi connectivity index (χ3n) is 4.04. The van der Waals surface area contributed by atoms with Gasteiger partial charge in [0.15, 0.2) is 6.61 Å². The first kappa shape index (κ1) is 22.0. The number of hydrogen-bond donors (Lipinski definition) is 0. The third kappa shape index (κ3) is 5.48. The van der Waals surface area contributed by atoms with Gasteiger partial charge in [0.2, 0.25) is 0 Å². The first-order chi connectivity index (χ1) is 14.4. The summed E-state index contributed by atoms with van der Waals surface area (Å²) in [7, 11) is 0. The molecule has 0 unspecified atom stereocenters. The van der Waals surface area contributed by atoms with Gasteiger partial charge in [0, 0.05) is 10.0 Å². The molecule has 0 saturated carbocycles. The van der Waals surface area contributed by atoms with Crippen molar-refractivity contribution >= 4 is 50.9 Å². The van der Waals surface area contributed by atoms with Crippen LogP contribution in [0.1, 0.15) is 18.1 Å². The van der Waals surface area contributed by atoms with Crippen molar-refractivity contribution in [1.29, 1.82) is 0 Å². The van der Waals surface area contributed by atoms with Crippen LogP contribution in [0.2, 0.25) is 0 Å². The monoisotopic (exact) mass is 493 g/mol. The van der Waals surface area contributed by atoms with Crippen LogP contribution in [0.5, 0.6) is 5.75 Å². The number of esters is 1. The first-order valence-corrected chi connectivity index (χ1v) is 10.6. The second-order valence-electron chi connectivity index (χ2n) is 6.17. The lowest BCUT2D eigenvalue weighted by Crippen LogP contribution is -2.27. The SMILES string of the molecule is CCOC(=O)COc1ccc(Br)cc1/C=C1/SC(=O)N(Cc2ccc(F)cc2)C1=O. The van der Waals surface area contributed by atoms with E-state index in [1.807, 2.05) is 0 Å². The van der Waals surface area contributed by atoms with E-state index in [9.17, 15) is 18.8 Å². The van der Waals surface area contributed by atoms with Crippen LogP contribution in [0.4, 0.5) is 9.18 Å². The average Bonchev–Trinajstić information content (AvgIpc) is 2.96. The Kier molecular flexibility index (Phi) is 7.28. The van der Waals surface area contributed by atoms with E-state index < -0.39 is 22.9 Å². The van der Waals surface area contributed by atoms with Gasteiger partial charge in [-0.05, 0) is 60.7 Å². The Labute approximate surface area is 185 Å². The highest BCUT2D eigenvalue weighted by Crippen LogP contribution is 2.35. The van der Waals surface area contributed by atoms with Crippen LogP contribution in [0.3, 0.4) is 0 Å². The molecule has 156 valence electrons. The van der Waals surface area contributed by atoms with E-state index in [0.717, 1.165) is 21.1 Å². The molecule has 1 fully saturated rings. The number of thioether (sulfide) groups is 1. The summed E-state index contributed by atoms with van der Waals surface area (Å²) in [5.74, 6) is -0.981. The Morgan fingerprint density at radius 3 is 2.63 bits per heavy atom. The van der Waals surface area contributed by atoms with Crippen molar-refractivity contribution in [1.82, 2.24) is 4.90 Å². The average molecular weight is 494 g/mol. The summed E-state index contributed by atoms with van der Waals surface area (Å²) >= 11 is 4.17. The molecule has 3 rings (SSSR count). The molecule has 0 aliphatic carbocycles. The van der Waals surface area contributed by atoms with Gasteiger partial charge < -0.3 is 9.47 Å². The highest BCUT2D eigenvalue weighted by Gasteiger charge is 2.35. The van der Waals surface area contributed by atoms with Gasteiger partial charge in [-0.3, -0.25) is 14.5 Å². The number of imide groups is 1. The van der Waals surface area contributed by atoms with E-state index in [0.29, 0.717) is 16.9 Å². The van der Waals surface area contributed by atoms with Gasteiger partial charge in [-0.15, -0.1) is 0 Å². The predicted molar refractivity (Wildman–Crippen MR) is 114 cm³/mol. The van der Waals surface area contributed by atoms with Gasteiger partial charge in [-0.1, -0.05) is 28.1 Å². The van der Waals surface area contributed by atoms with Crippen LogP contribution < -0.4 is 4.74 Å². The summed E-state index contributed by atoms with van der Waals surface area (Å²) in [4.78, 5) is 38.0. The predicted octanol–water partition coefficient (Wildman–Crippen LogP) is 4.77. The van der Waals surface area contributed by atoms with Crippen LogP contribution in [-0.4, -0.2) is 35.2 Å². The Balaban J connectivity index is 1.80. The maximum atomic E-state index is 13.1. The quantitative estimate of drug-likeness (QED) is 0.408. The molecule has 6 nitrogen and oxygen atoms in total.